The van der Waals surface area contributed by atoms with Crippen LogP contribution in [0.3, 0.4) is 0 Å². The van der Waals surface area contributed by atoms with E-state index >= 15 is 0 Å². The maximum absolute atomic E-state index is 13.7. The summed E-state index contributed by atoms with van der Waals surface area (Å²) in [6, 6.07) is 6.96. The normalized spacial score (nSPS) is 18.8. The van der Waals surface area contributed by atoms with Crippen molar-refractivity contribution < 1.29 is 27.9 Å². The number of amides is 1. The zero-order valence-electron chi connectivity index (χ0n) is 25.1. The summed E-state index contributed by atoms with van der Waals surface area (Å²) in [5.41, 5.74) is 5.23. The molecule has 2 fully saturated rings. The maximum Gasteiger partial charge on any atom is 0.451 e. The summed E-state index contributed by atoms with van der Waals surface area (Å²) in [6.45, 7) is 10.4. The van der Waals surface area contributed by atoms with Crippen LogP contribution in [0, 0.1) is 0 Å². The fourth-order valence-electron chi connectivity index (χ4n) is 4.56. The first-order valence-corrected chi connectivity index (χ1v) is 14.2. The number of rotatable bonds is 6. The third kappa shape index (κ3) is 12.1. The van der Waals surface area contributed by atoms with Gasteiger partial charge in [0.2, 0.25) is 5.84 Å². The van der Waals surface area contributed by atoms with Crippen molar-refractivity contribution >= 4 is 35.5 Å². The van der Waals surface area contributed by atoms with Gasteiger partial charge in [-0.15, -0.1) is 0 Å². The molecule has 0 bridgehead atoms. The first kappa shape index (κ1) is 37.7. The van der Waals surface area contributed by atoms with E-state index < -0.39 is 12.0 Å². The number of piperidine rings is 1. The minimum absolute atomic E-state index is 0.0388. The molecule has 2 heterocycles. The van der Waals surface area contributed by atoms with Crippen LogP contribution in [-0.4, -0.2) is 109 Å². The molecule has 1 amide bonds. The molecule has 2 aliphatic heterocycles. The number of carbonyl (C=O) groups is 2. The first-order chi connectivity index (χ1) is 20.5. The van der Waals surface area contributed by atoms with Gasteiger partial charge in [0, 0.05) is 68.6 Å². The van der Waals surface area contributed by atoms with Gasteiger partial charge in [-0.25, -0.2) is 9.98 Å². The molecular formula is C30H42ClF3N6O3. The number of aldehydes is 1. The number of nitrogens with two attached hydrogens (primary N) is 1. The van der Waals surface area contributed by atoms with Crippen LogP contribution in [0.4, 0.5) is 13.2 Å². The van der Waals surface area contributed by atoms with Gasteiger partial charge in [0.25, 0.3) is 5.91 Å². The second-order valence-electron chi connectivity index (χ2n) is 9.40. The molecule has 9 nitrogen and oxygen atoms in total. The molecule has 0 spiro atoms. The van der Waals surface area contributed by atoms with Gasteiger partial charge in [0.1, 0.15) is 12.1 Å². The van der Waals surface area contributed by atoms with Crippen LogP contribution >= 0.6 is 11.6 Å². The van der Waals surface area contributed by atoms with Crippen molar-refractivity contribution in [2.45, 2.75) is 38.9 Å². The summed E-state index contributed by atoms with van der Waals surface area (Å²) >= 11 is 5.92. The van der Waals surface area contributed by atoms with Crippen molar-refractivity contribution in [1.82, 2.24) is 14.7 Å². The maximum atomic E-state index is 13.7. The third-order valence-electron chi connectivity index (χ3n) is 6.77. The number of alkyl halides is 3. The summed E-state index contributed by atoms with van der Waals surface area (Å²) in [5, 5.41) is 7.57. The van der Waals surface area contributed by atoms with Gasteiger partial charge in [-0.05, 0) is 70.2 Å². The Balaban J connectivity index is 0.00000221. The highest BCUT2D eigenvalue weighted by Crippen LogP contribution is 2.23. The zero-order valence-corrected chi connectivity index (χ0v) is 25.9. The topological polar surface area (TPSA) is 115 Å². The van der Waals surface area contributed by atoms with Gasteiger partial charge in [-0.2, -0.15) is 13.2 Å². The number of likely N-dealkylation sites (tertiary alicyclic amines) is 1. The van der Waals surface area contributed by atoms with E-state index in [2.05, 4.69) is 27.2 Å². The molecule has 0 aromatic heterocycles. The molecule has 0 radical (unpaired) electrons. The average Bonchev–Trinajstić information content (AvgIpc) is 3.03. The molecule has 2 saturated heterocycles. The van der Waals surface area contributed by atoms with Crippen LogP contribution in [-0.2, 0) is 4.79 Å². The number of carbonyl (C=O) groups excluding carboxylic acids is 2. The first-order valence-electron chi connectivity index (χ1n) is 13.8. The average molecular weight is 627 g/mol. The molecule has 3 N–H and O–H groups in total. The summed E-state index contributed by atoms with van der Waals surface area (Å²) in [5.74, 6) is -1.10. The Morgan fingerprint density at radius 1 is 1.05 bits per heavy atom. The minimum Gasteiger partial charge on any atom is -0.400 e. The molecule has 0 aliphatic carbocycles. The van der Waals surface area contributed by atoms with Gasteiger partial charge in [0.05, 0.1) is 5.70 Å². The Kier molecular flexibility index (Phi) is 16.7. The Morgan fingerprint density at radius 2 is 1.65 bits per heavy atom. The van der Waals surface area contributed by atoms with Crippen LogP contribution in [0.2, 0.25) is 5.02 Å². The van der Waals surface area contributed by atoms with Crippen molar-refractivity contribution in [1.29, 1.82) is 0 Å². The number of hydrogen-bond acceptors (Lipinski definition) is 6. The summed E-state index contributed by atoms with van der Waals surface area (Å²) in [7, 11) is 2.50. The SMILES string of the molecule is C=C(/C=C\C(C=O)=C/C)N=C(N=C(C)N1CCC[C@@H](N2CCN(C(=O)c3ccc(Cl)cc3)CC2)C1)C(F)(F)F.CN.CO. The number of aliphatic imine (C=N–C) groups is 2. The van der Waals surface area contributed by atoms with Crippen LogP contribution in [0.5, 0.6) is 0 Å². The lowest BCUT2D eigenvalue weighted by molar-refractivity contribution is -0.104. The van der Waals surface area contributed by atoms with Gasteiger partial charge >= 0.3 is 6.18 Å². The van der Waals surface area contributed by atoms with Crippen molar-refractivity contribution in [3.05, 3.63) is 70.9 Å². The van der Waals surface area contributed by atoms with Crippen molar-refractivity contribution in [2.24, 2.45) is 15.7 Å². The molecule has 0 unspecified atom stereocenters. The highest BCUT2D eigenvalue weighted by atomic mass is 35.5. The largest absolute Gasteiger partial charge is 0.451 e. The number of piperazine rings is 1. The fraction of sp³-hybridized carbons (Fsp3) is 0.467. The fourth-order valence-corrected chi connectivity index (χ4v) is 4.68. The number of hydrogen-bond donors (Lipinski definition) is 2. The number of aliphatic hydroxyl groups is 1. The number of halogens is 4. The quantitative estimate of drug-likeness (QED) is 0.160. The number of benzene rings is 1. The summed E-state index contributed by atoms with van der Waals surface area (Å²) in [4.78, 5) is 37.1. The highest BCUT2D eigenvalue weighted by molar-refractivity contribution is 6.30. The molecular weight excluding hydrogens is 585 g/mol. The van der Waals surface area contributed by atoms with E-state index in [9.17, 15) is 22.8 Å². The van der Waals surface area contributed by atoms with Crippen LogP contribution < -0.4 is 5.73 Å². The molecule has 2 aliphatic rings. The predicted octanol–water partition coefficient (Wildman–Crippen LogP) is 4.34. The number of amidine groups is 2. The van der Waals surface area contributed by atoms with Crippen LogP contribution in [0.25, 0.3) is 0 Å². The Hall–Kier alpha value is -3.32. The van der Waals surface area contributed by atoms with Gasteiger partial charge < -0.3 is 20.6 Å². The van der Waals surface area contributed by atoms with Gasteiger partial charge in [-0.3, -0.25) is 14.5 Å². The van der Waals surface area contributed by atoms with Gasteiger partial charge in [0.15, 0.2) is 0 Å². The van der Waals surface area contributed by atoms with E-state index in [4.69, 9.17) is 16.7 Å². The van der Waals surface area contributed by atoms with Gasteiger partial charge in [-0.1, -0.05) is 24.3 Å². The molecule has 0 saturated carbocycles. The van der Waals surface area contributed by atoms with E-state index in [1.165, 1.54) is 25.3 Å². The van der Waals surface area contributed by atoms with E-state index in [1.54, 1.807) is 38.1 Å². The predicted molar refractivity (Wildman–Crippen MR) is 166 cm³/mol. The lowest BCUT2D eigenvalue weighted by atomic mass is 10.0. The second kappa shape index (κ2) is 19.1. The number of allylic oxidation sites excluding steroid dienone is 4. The van der Waals surface area contributed by atoms with Crippen molar-refractivity contribution in [2.75, 3.05) is 53.4 Å². The monoisotopic (exact) mass is 626 g/mol. The molecule has 43 heavy (non-hydrogen) atoms. The highest BCUT2D eigenvalue weighted by Gasteiger charge is 2.37. The van der Waals surface area contributed by atoms with E-state index in [0.717, 1.165) is 20.0 Å². The molecule has 1 aromatic rings. The summed E-state index contributed by atoms with van der Waals surface area (Å²) in [6.07, 6.45) is 1.67. The lowest BCUT2D eigenvalue weighted by Gasteiger charge is -2.43. The summed E-state index contributed by atoms with van der Waals surface area (Å²) < 4.78 is 41.1. The van der Waals surface area contributed by atoms with Crippen molar-refractivity contribution in [3.63, 3.8) is 0 Å². The second-order valence-corrected chi connectivity index (χ2v) is 9.84. The third-order valence-corrected chi connectivity index (χ3v) is 7.02. The Bertz CT molecular complexity index is 1170. The Labute approximate surface area is 256 Å². The standard InChI is InChI=1S/C28H33ClF3N5O2.CH5N.CH4O/c1-4-22(19-38)8-7-20(2)33-27(28(30,31)32)34-21(3)37-13-5-6-25(18-37)35-14-16-36(17-15-35)26(39)23-9-11-24(29)12-10-23;2*1-2/h4,7-12,19,25H,2,5-6,13-18H2,1,3H3;2H2,1H3;2H,1H3/b8-7-,22-4+,33-27?,34-21?;;/t25-;;/m1../s1. The van der Waals surface area contributed by atoms with Crippen LogP contribution in [0.15, 0.2) is 70.3 Å². The number of aliphatic hydroxyl groups excluding tert-OH is 1. The molecule has 1 aromatic carbocycles. The number of nitrogens with zero attached hydrogens (tertiary/aromatic N) is 5. The molecule has 13 heteroatoms. The molecule has 3 rings (SSSR count). The smallest absolute Gasteiger partial charge is 0.400 e. The lowest BCUT2D eigenvalue weighted by Crippen LogP contribution is -2.56. The molecule has 1 atom stereocenters. The zero-order chi connectivity index (χ0) is 32.6. The minimum atomic E-state index is -4.77. The van der Waals surface area contributed by atoms with E-state index in [-0.39, 0.29) is 23.5 Å². The van der Waals surface area contributed by atoms with Crippen molar-refractivity contribution in [3.8, 4) is 0 Å². The van der Waals surface area contributed by atoms with E-state index in [1.807, 2.05) is 9.80 Å². The Morgan fingerprint density at radius 3 is 2.19 bits per heavy atom. The molecule has 238 valence electrons. The van der Waals surface area contributed by atoms with Crippen LogP contribution in [0.1, 0.15) is 37.0 Å². The van der Waals surface area contributed by atoms with E-state index in [0.29, 0.717) is 61.7 Å².